The van der Waals surface area contributed by atoms with Crippen LogP contribution in [0.1, 0.15) is 18.1 Å². The number of carbonyl (C=O) groups excluding carboxylic acids is 1. The first kappa shape index (κ1) is 19.6. The minimum Gasteiger partial charge on any atom is -0.500 e. The third-order valence-corrected chi connectivity index (χ3v) is 5.21. The van der Waals surface area contributed by atoms with E-state index in [1.807, 2.05) is 24.3 Å². The molecule has 1 amide bonds. The third-order valence-electron chi connectivity index (χ3n) is 4.18. The highest BCUT2D eigenvalue weighted by atomic mass is 32.2. The molecule has 0 spiro atoms. The summed E-state index contributed by atoms with van der Waals surface area (Å²) in [6.45, 7) is 2.08. The maximum Gasteiger partial charge on any atom is 0.315 e. The van der Waals surface area contributed by atoms with Gasteiger partial charge in [-0.2, -0.15) is 0 Å². The van der Waals surface area contributed by atoms with Crippen LogP contribution >= 0.6 is 11.8 Å². The average molecular weight is 401 g/mol. The maximum atomic E-state index is 12.3. The lowest BCUT2D eigenvalue weighted by atomic mass is 10.1. The molecule has 28 heavy (non-hydrogen) atoms. The van der Waals surface area contributed by atoms with E-state index in [-0.39, 0.29) is 17.2 Å². The first-order valence-electron chi connectivity index (χ1n) is 8.51. The first-order valence-corrected chi connectivity index (χ1v) is 9.39. The van der Waals surface area contributed by atoms with Crippen LogP contribution in [0.3, 0.4) is 0 Å². The van der Waals surface area contributed by atoms with Gasteiger partial charge in [0.2, 0.25) is 5.75 Å². The van der Waals surface area contributed by atoms with E-state index in [4.69, 9.17) is 4.74 Å². The number of aryl methyl sites for hydroxylation is 1. The zero-order chi connectivity index (χ0) is 20.3. The molecule has 3 rings (SSSR count). The molecule has 0 radical (unpaired) electrons. The number of carbonyl (C=O) groups is 1. The van der Waals surface area contributed by atoms with Crippen LogP contribution in [-0.2, 0) is 11.2 Å². The Balaban J connectivity index is 1.80. The van der Waals surface area contributed by atoms with Crippen LogP contribution in [0.2, 0.25) is 0 Å². The van der Waals surface area contributed by atoms with Crippen molar-refractivity contribution >= 4 is 35.1 Å². The number of phenolic OH excluding ortho intramolecular Hbond substituents is 1. The molecule has 0 aromatic heterocycles. The van der Waals surface area contributed by atoms with Gasteiger partial charge in [0.15, 0.2) is 11.2 Å². The Morgan fingerprint density at radius 2 is 2.07 bits per heavy atom. The number of hydrogen-bond acceptors (Lipinski definition) is 7. The van der Waals surface area contributed by atoms with Crippen molar-refractivity contribution in [1.82, 2.24) is 5.32 Å². The molecular weight excluding hydrogens is 382 g/mol. The number of nitro groups is 1. The molecule has 0 saturated carbocycles. The Labute approximate surface area is 165 Å². The molecule has 1 atom stereocenters. The monoisotopic (exact) mass is 401 g/mol. The zero-order valence-electron chi connectivity index (χ0n) is 15.3. The van der Waals surface area contributed by atoms with Crippen molar-refractivity contribution in [3.8, 4) is 11.5 Å². The van der Waals surface area contributed by atoms with Crippen LogP contribution in [0.4, 0.5) is 11.4 Å². The number of nitrogens with zero attached hydrogens (tertiary/aromatic N) is 1. The highest BCUT2D eigenvalue weighted by molar-refractivity contribution is 8.05. The van der Waals surface area contributed by atoms with Crippen LogP contribution in [0.5, 0.6) is 11.5 Å². The van der Waals surface area contributed by atoms with Gasteiger partial charge in [0.1, 0.15) is 0 Å². The Hall–Kier alpha value is -3.20. The van der Waals surface area contributed by atoms with Crippen LogP contribution in [0.25, 0.3) is 6.08 Å². The number of nitrogens with one attached hydrogen (secondary N) is 2. The summed E-state index contributed by atoms with van der Waals surface area (Å²) in [5, 5.41) is 27.0. The van der Waals surface area contributed by atoms with Gasteiger partial charge in [0.05, 0.1) is 16.9 Å². The highest BCUT2D eigenvalue weighted by Crippen LogP contribution is 2.38. The van der Waals surface area contributed by atoms with E-state index >= 15 is 0 Å². The summed E-state index contributed by atoms with van der Waals surface area (Å²) in [5.41, 5.74) is 1.63. The minimum absolute atomic E-state index is 0.0323. The predicted octanol–water partition coefficient (Wildman–Crippen LogP) is 3.47. The van der Waals surface area contributed by atoms with Crippen LogP contribution in [-0.4, -0.2) is 28.5 Å². The number of anilines is 1. The number of aromatic hydroxyl groups is 1. The predicted molar refractivity (Wildman–Crippen MR) is 108 cm³/mol. The number of nitro benzene ring substituents is 1. The molecule has 8 nitrogen and oxygen atoms in total. The van der Waals surface area contributed by atoms with Gasteiger partial charge >= 0.3 is 5.69 Å². The van der Waals surface area contributed by atoms with E-state index in [0.29, 0.717) is 10.5 Å². The number of benzene rings is 2. The Morgan fingerprint density at radius 1 is 1.36 bits per heavy atom. The summed E-state index contributed by atoms with van der Waals surface area (Å²) < 4.78 is 4.98. The molecule has 1 aliphatic rings. The van der Waals surface area contributed by atoms with Crippen molar-refractivity contribution in [3.05, 3.63) is 62.5 Å². The molecular formula is C19H19N3O5S. The van der Waals surface area contributed by atoms with Crippen molar-refractivity contribution in [2.75, 3.05) is 12.4 Å². The van der Waals surface area contributed by atoms with E-state index in [9.17, 15) is 20.0 Å². The third kappa shape index (κ3) is 4.20. The summed E-state index contributed by atoms with van der Waals surface area (Å²) >= 11 is 1.27. The van der Waals surface area contributed by atoms with Crippen molar-refractivity contribution in [2.24, 2.45) is 0 Å². The van der Waals surface area contributed by atoms with Gasteiger partial charge in [-0.3, -0.25) is 14.9 Å². The second-order valence-electron chi connectivity index (χ2n) is 6.02. The fourth-order valence-corrected chi connectivity index (χ4v) is 3.68. The lowest BCUT2D eigenvalue weighted by Crippen LogP contribution is -2.30. The number of rotatable bonds is 6. The van der Waals surface area contributed by atoms with Gasteiger partial charge < -0.3 is 20.5 Å². The number of thioether (sulfide) groups is 1. The second-order valence-corrected chi connectivity index (χ2v) is 7.17. The number of ether oxygens (including phenoxy) is 1. The zero-order valence-corrected chi connectivity index (χ0v) is 16.1. The van der Waals surface area contributed by atoms with E-state index in [1.54, 1.807) is 0 Å². The SMILES string of the molecule is CCc1ccc(N[C@@H]2NC(=O)/C(=C/c3cc(OC)c(O)c([N+](=O)[O-])c3)S2)cc1. The van der Waals surface area contributed by atoms with E-state index in [2.05, 4.69) is 17.6 Å². The topological polar surface area (TPSA) is 114 Å². The van der Waals surface area contributed by atoms with E-state index < -0.39 is 16.4 Å². The molecule has 1 heterocycles. The summed E-state index contributed by atoms with van der Waals surface area (Å²) in [4.78, 5) is 23.1. The minimum atomic E-state index is -0.702. The smallest absolute Gasteiger partial charge is 0.315 e. The van der Waals surface area contributed by atoms with Crippen LogP contribution in [0, 0.1) is 10.1 Å². The maximum absolute atomic E-state index is 12.3. The molecule has 146 valence electrons. The van der Waals surface area contributed by atoms with E-state index in [0.717, 1.165) is 12.1 Å². The van der Waals surface area contributed by atoms with Gasteiger partial charge in [-0.05, 0) is 41.8 Å². The molecule has 2 aromatic rings. The fraction of sp³-hybridized carbons (Fsp3) is 0.211. The number of hydrogen-bond donors (Lipinski definition) is 3. The summed E-state index contributed by atoms with van der Waals surface area (Å²) in [7, 11) is 1.30. The molecule has 0 aliphatic carbocycles. The molecule has 9 heteroatoms. The van der Waals surface area contributed by atoms with Crippen molar-refractivity contribution in [3.63, 3.8) is 0 Å². The van der Waals surface area contributed by atoms with Gasteiger partial charge in [-0.25, -0.2) is 0 Å². The average Bonchev–Trinajstić information content (AvgIpc) is 3.02. The van der Waals surface area contributed by atoms with Gasteiger partial charge in [-0.15, -0.1) is 0 Å². The van der Waals surface area contributed by atoms with Gasteiger partial charge in [0, 0.05) is 11.8 Å². The molecule has 1 aliphatic heterocycles. The van der Waals surface area contributed by atoms with Crippen LogP contribution in [0.15, 0.2) is 41.3 Å². The van der Waals surface area contributed by atoms with Gasteiger partial charge in [0.25, 0.3) is 5.91 Å². The molecule has 3 N–H and O–H groups in total. The normalized spacial score (nSPS) is 17.4. The Bertz CT molecular complexity index is 943. The molecule has 1 saturated heterocycles. The number of amides is 1. The van der Waals surface area contributed by atoms with E-state index in [1.165, 1.54) is 42.6 Å². The second kappa shape index (κ2) is 8.22. The Kier molecular flexibility index (Phi) is 5.74. The molecule has 1 fully saturated rings. The summed E-state index contributed by atoms with van der Waals surface area (Å²) in [6, 6.07) is 10.6. The lowest BCUT2D eigenvalue weighted by Gasteiger charge is -2.12. The fourth-order valence-electron chi connectivity index (χ4n) is 2.70. The highest BCUT2D eigenvalue weighted by Gasteiger charge is 2.28. The summed E-state index contributed by atoms with van der Waals surface area (Å²) in [5.74, 6) is -0.870. The van der Waals surface area contributed by atoms with Crippen molar-refractivity contribution < 1.29 is 19.6 Å². The standard InChI is InChI=1S/C19H19N3O5S/c1-3-11-4-6-13(7-5-11)20-19-21-18(24)16(28-19)10-12-8-14(22(25)26)17(23)15(9-12)27-2/h4-10,19-20,23H,3H2,1-2H3,(H,21,24)/b16-10-/t19-/m1/s1. The lowest BCUT2D eigenvalue weighted by molar-refractivity contribution is -0.386. The number of phenols is 1. The molecule has 0 unspecified atom stereocenters. The largest absolute Gasteiger partial charge is 0.500 e. The van der Waals surface area contributed by atoms with Crippen molar-refractivity contribution in [1.29, 1.82) is 0 Å². The van der Waals surface area contributed by atoms with Gasteiger partial charge in [-0.1, -0.05) is 30.8 Å². The number of methoxy groups -OCH3 is 1. The Morgan fingerprint density at radius 3 is 2.68 bits per heavy atom. The van der Waals surface area contributed by atoms with Crippen LogP contribution < -0.4 is 15.4 Å². The van der Waals surface area contributed by atoms with Crippen molar-refractivity contribution in [2.45, 2.75) is 18.8 Å². The molecule has 0 bridgehead atoms. The summed E-state index contributed by atoms with van der Waals surface area (Å²) in [6.07, 6.45) is 2.47. The molecule has 2 aromatic carbocycles. The first-order chi connectivity index (χ1) is 13.4. The quantitative estimate of drug-likeness (QED) is 0.386.